The summed E-state index contributed by atoms with van der Waals surface area (Å²) in [6.45, 7) is 0. The van der Waals surface area contributed by atoms with Crippen molar-refractivity contribution in [1.82, 2.24) is 0 Å². The molecule has 0 N–H and O–H groups in total. The van der Waals surface area contributed by atoms with Crippen LogP contribution in [0.25, 0.3) is 81.7 Å². The number of benzene rings is 10. The van der Waals surface area contributed by atoms with Crippen LogP contribution in [0.2, 0.25) is 0 Å². The van der Waals surface area contributed by atoms with E-state index in [-0.39, 0.29) is 6.04 Å². The van der Waals surface area contributed by atoms with Crippen LogP contribution in [0.1, 0.15) is 55.6 Å². The zero-order valence-electron chi connectivity index (χ0n) is 35.6. The molecule has 10 aromatic rings. The summed E-state index contributed by atoms with van der Waals surface area (Å²) in [5.74, 6) is 0.598. The third kappa shape index (κ3) is 6.54. The van der Waals surface area contributed by atoms with Crippen LogP contribution >= 0.6 is 0 Å². The minimum Gasteiger partial charge on any atom is -0.333 e. The summed E-state index contributed by atoms with van der Waals surface area (Å²) >= 11 is 0. The van der Waals surface area contributed by atoms with Crippen molar-refractivity contribution in [2.24, 2.45) is 0 Å². The molecule has 0 spiro atoms. The van der Waals surface area contributed by atoms with E-state index in [4.69, 9.17) is 0 Å². The molecule has 0 radical (unpaired) electrons. The molecule has 0 aromatic heterocycles. The maximum atomic E-state index is 2.66. The minimum absolute atomic E-state index is 0.0479. The molecule has 12 rings (SSSR count). The van der Waals surface area contributed by atoms with Crippen LogP contribution in [-0.2, 0) is 0 Å². The lowest BCUT2D eigenvalue weighted by atomic mass is 9.79. The van der Waals surface area contributed by atoms with Crippen molar-refractivity contribution >= 4 is 70.8 Å². The smallest absolute Gasteiger partial charge is 0.0632 e. The van der Waals surface area contributed by atoms with Crippen molar-refractivity contribution in [2.45, 2.75) is 50.5 Å². The minimum atomic E-state index is 0.0479. The molecule has 0 heterocycles. The highest BCUT2D eigenvalue weighted by molar-refractivity contribution is 6.14. The van der Waals surface area contributed by atoms with Gasteiger partial charge in [-0.2, -0.15) is 0 Å². The zero-order valence-corrected chi connectivity index (χ0v) is 35.6. The highest BCUT2D eigenvalue weighted by atomic mass is 15.2. The van der Waals surface area contributed by atoms with Crippen LogP contribution in [0, 0.1) is 0 Å². The van der Waals surface area contributed by atoms with E-state index < -0.39 is 0 Å². The Labute approximate surface area is 370 Å². The fourth-order valence-corrected chi connectivity index (χ4v) is 11.3. The molecular formula is C62H49N. The standard InChI is InChI=1S/C62H49N/c1-2-16-42(17-3-1)51-27-12-20-46-21-13-31-59(62(46)51)58-25-9-11-33-61(58)63(47-38-34-45(35-39-47)50-26-14-28-52-48-22-6-4-18-43(48)36-40-55(50)52)60-32-10-8-24-57(60)54-30-15-29-53-49-23-7-5-19-44(49)37-41-56(53)54/h4-15,18-32,34-42,61H,1-3,16-17,33H2. The van der Waals surface area contributed by atoms with Crippen molar-refractivity contribution in [3.05, 3.63) is 223 Å². The summed E-state index contributed by atoms with van der Waals surface area (Å²) in [5.41, 5.74) is 11.6. The molecule has 1 fully saturated rings. The Morgan fingerprint density at radius 3 is 1.71 bits per heavy atom. The van der Waals surface area contributed by atoms with Gasteiger partial charge in [-0.15, -0.1) is 0 Å². The van der Waals surface area contributed by atoms with Crippen molar-refractivity contribution in [3.8, 4) is 22.3 Å². The number of hydrogen-bond acceptors (Lipinski definition) is 1. The predicted octanol–water partition coefficient (Wildman–Crippen LogP) is 17.4. The van der Waals surface area contributed by atoms with E-state index in [2.05, 4.69) is 217 Å². The molecule has 1 nitrogen and oxygen atoms in total. The molecule has 0 saturated heterocycles. The molecule has 1 atom stereocenters. The Morgan fingerprint density at radius 2 is 0.968 bits per heavy atom. The van der Waals surface area contributed by atoms with E-state index in [9.17, 15) is 0 Å². The second-order valence-corrected chi connectivity index (χ2v) is 17.7. The van der Waals surface area contributed by atoms with Gasteiger partial charge in [-0.3, -0.25) is 0 Å². The topological polar surface area (TPSA) is 3.24 Å². The molecule has 1 unspecified atom stereocenters. The van der Waals surface area contributed by atoms with Crippen LogP contribution in [0.5, 0.6) is 0 Å². The second kappa shape index (κ2) is 15.9. The van der Waals surface area contributed by atoms with Gasteiger partial charge < -0.3 is 4.90 Å². The number of nitrogens with zero attached hydrogens (tertiary/aromatic N) is 1. The first-order valence-corrected chi connectivity index (χ1v) is 23.0. The SMILES string of the molecule is C1=CCC(N(c2ccc(-c3cccc4c3ccc3ccccc34)cc2)c2ccccc2-c2cccc3c2ccc2ccccc23)C(c2cccc3cccc(C4CCCCC4)c23)=C1. The van der Waals surface area contributed by atoms with Gasteiger partial charge in [0.2, 0.25) is 0 Å². The molecular weight excluding hydrogens is 759 g/mol. The normalized spacial score (nSPS) is 15.7. The molecule has 0 bridgehead atoms. The van der Waals surface area contributed by atoms with Gasteiger partial charge in [0.25, 0.3) is 0 Å². The van der Waals surface area contributed by atoms with Crippen LogP contribution in [0.4, 0.5) is 11.4 Å². The summed E-state index contributed by atoms with van der Waals surface area (Å²) in [7, 11) is 0. The van der Waals surface area contributed by atoms with E-state index in [1.165, 1.54) is 136 Å². The van der Waals surface area contributed by atoms with E-state index >= 15 is 0 Å². The lowest BCUT2D eigenvalue weighted by Gasteiger charge is -2.38. The van der Waals surface area contributed by atoms with Crippen molar-refractivity contribution in [1.29, 1.82) is 0 Å². The Morgan fingerprint density at radius 1 is 0.397 bits per heavy atom. The monoisotopic (exact) mass is 807 g/mol. The van der Waals surface area contributed by atoms with Crippen LogP contribution in [0.3, 0.4) is 0 Å². The summed E-state index contributed by atoms with van der Waals surface area (Å²) in [4.78, 5) is 2.66. The van der Waals surface area contributed by atoms with Gasteiger partial charge in [0.1, 0.15) is 0 Å². The fourth-order valence-electron chi connectivity index (χ4n) is 11.3. The number of anilines is 2. The predicted molar refractivity (Wildman–Crippen MR) is 271 cm³/mol. The zero-order chi connectivity index (χ0) is 41.7. The molecule has 0 aliphatic heterocycles. The molecule has 302 valence electrons. The van der Waals surface area contributed by atoms with Crippen LogP contribution in [-0.4, -0.2) is 6.04 Å². The molecule has 10 aromatic carbocycles. The Balaban J connectivity index is 1.05. The van der Waals surface area contributed by atoms with E-state index in [1.807, 2.05) is 0 Å². The highest BCUT2D eigenvalue weighted by Crippen LogP contribution is 2.47. The molecule has 2 aliphatic carbocycles. The van der Waals surface area contributed by atoms with Crippen molar-refractivity contribution in [3.63, 3.8) is 0 Å². The summed E-state index contributed by atoms with van der Waals surface area (Å²) < 4.78 is 0. The number of fused-ring (bicyclic) bond motifs is 7. The summed E-state index contributed by atoms with van der Waals surface area (Å²) in [6.07, 6.45) is 14.5. The van der Waals surface area contributed by atoms with Gasteiger partial charge in [-0.1, -0.05) is 213 Å². The fraction of sp³-hybridized carbons (Fsp3) is 0.129. The van der Waals surface area contributed by atoms with Gasteiger partial charge in [0, 0.05) is 16.9 Å². The van der Waals surface area contributed by atoms with Gasteiger partial charge >= 0.3 is 0 Å². The average Bonchev–Trinajstić information content (AvgIpc) is 3.36. The number of rotatable bonds is 7. The molecule has 0 amide bonds. The van der Waals surface area contributed by atoms with Gasteiger partial charge in [-0.25, -0.2) is 0 Å². The maximum absolute atomic E-state index is 2.66. The first kappa shape index (κ1) is 37.5. The Bertz CT molecular complexity index is 3410. The largest absolute Gasteiger partial charge is 0.333 e. The second-order valence-electron chi connectivity index (χ2n) is 17.7. The summed E-state index contributed by atoms with van der Waals surface area (Å²) in [5, 5.41) is 13.0. The third-order valence-electron chi connectivity index (χ3n) is 14.2. The van der Waals surface area contributed by atoms with E-state index in [1.54, 1.807) is 0 Å². The number of para-hydroxylation sites is 1. The van der Waals surface area contributed by atoms with Gasteiger partial charge in [-0.05, 0) is 131 Å². The first-order valence-electron chi connectivity index (χ1n) is 23.0. The molecule has 1 heteroatoms. The van der Waals surface area contributed by atoms with E-state index in [0.29, 0.717) is 5.92 Å². The molecule has 1 saturated carbocycles. The van der Waals surface area contributed by atoms with E-state index in [0.717, 1.165) is 6.42 Å². The molecule has 63 heavy (non-hydrogen) atoms. The lowest BCUT2D eigenvalue weighted by molar-refractivity contribution is 0.445. The quantitative estimate of drug-likeness (QED) is 0.145. The molecule has 2 aliphatic rings. The first-order chi connectivity index (χ1) is 31.3. The highest BCUT2D eigenvalue weighted by Gasteiger charge is 2.30. The van der Waals surface area contributed by atoms with Gasteiger partial charge in [0.15, 0.2) is 0 Å². The Hall–Kier alpha value is -7.22. The Kier molecular flexibility index (Phi) is 9.48. The number of hydrogen-bond donors (Lipinski definition) is 0. The van der Waals surface area contributed by atoms with Crippen LogP contribution in [0.15, 0.2) is 212 Å². The average molecular weight is 808 g/mol. The van der Waals surface area contributed by atoms with Crippen LogP contribution < -0.4 is 4.90 Å². The lowest BCUT2D eigenvalue weighted by Crippen LogP contribution is -2.33. The van der Waals surface area contributed by atoms with Crippen molar-refractivity contribution < 1.29 is 0 Å². The van der Waals surface area contributed by atoms with Crippen molar-refractivity contribution in [2.75, 3.05) is 4.90 Å². The van der Waals surface area contributed by atoms with Gasteiger partial charge in [0.05, 0.1) is 6.04 Å². The third-order valence-corrected chi connectivity index (χ3v) is 14.2. The summed E-state index contributed by atoms with van der Waals surface area (Å²) in [6, 6.07) is 72.9. The maximum Gasteiger partial charge on any atom is 0.0632 e. The number of allylic oxidation sites excluding steroid dienone is 2.